The first-order valence-corrected chi connectivity index (χ1v) is 5.82. The lowest BCUT2D eigenvalue weighted by atomic mass is 10.1. The van der Waals surface area contributed by atoms with Crippen molar-refractivity contribution in [3.8, 4) is 0 Å². The van der Waals surface area contributed by atoms with Crippen LogP contribution in [-0.4, -0.2) is 0 Å². The van der Waals surface area contributed by atoms with E-state index < -0.39 is 4.84 Å². The highest BCUT2D eigenvalue weighted by Gasteiger charge is 2.09. The van der Waals surface area contributed by atoms with Crippen molar-refractivity contribution >= 4 is 49.9 Å². The molecule has 0 fully saturated rings. The molecule has 2 rings (SSSR count). The van der Waals surface area contributed by atoms with Gasteiger partial charge in [-0.25, -0.2) is 0 Å². The molecule has 0 aliphatic carbocycles. The van der Waals surface area contributed by atoms with Crippen LogP contribution in [0.2, 0.25) is 0 Å². The Morgan fingerprint density at radius 2 is 1.57 bits per heavy atom. The van der Waals surface area contributed by atoms with Crippen LogP contribution in [0.4, 0.5) is 0 Å². The lowest BCUT2D eigenvalue weighted by Crippen LogP contribution is -1.85. The van der Waals surface area contributed by atoms with E-state index in [1.807, 2.05) is 36.4 Å². The number of fused-ring (bicyclic) bond motifs is 1. The Morgan fingerprint density at radius 3 is 2.21 bits per heavy atom. The summed E-state index contributed by atoms with van der Waals surface area (Å²) in [6.07, 6.45) is 0. The van der Waals surface area contributed by atoms with Crippen LogP contribution in [0, 0.1) is 0 Å². The molecular weight excluding hydrogens is 283 g/mol. The Labute approximate surface area is 101 Å². The fourth-order valence-corrected chi connectivity index (χ4v) is 2.33. The minimum Gasteiger partial charge on any atom is -0.100 e. The van der Waals surface area contributed by atoms with Crippen LogP contribution in [0.5, 0.6) is 0 Å². The maximum Gasteiger partial charge on any atom is 0.133 e. The molecule has 0 radical (unpaired) electrons. The van der Waals surface area contributed by atoms with Gasteiger partial charge in [-0.3, -0.25) is 0 Å². The zero-order chi connectivity index (χ0) is 10.1. The van der Waals surface area contributed by atoms with Crippen molar-refractivity contribution in [2.45, 2.75) is 4.84 Å². The van der Waals surface area contributed by atoms with E-state index in [-0.39, 0.29) is 0 Å². The SMILES string of the molecule is ClC(Cl)c1ccc(Br)c2ccccc12. The van der Waals surface area contributed by atoms with Crippen LogP contribution in [-0.2, 0) is 0 Å². The number of benzene rings is 2. The Kier molecular flexibility index (Phi) is 3.01. The second-order valence-corrected chi connectivity index (χ2v) is 4.93. The summed E-state index contributed by atoms with van der Waals surface area (Å²) in [4.78, 5) is -0.479. The van der Waals surface area contributed by atoms with Crippen LogP contribution in [0.15, 0.2) is 40.9 Å². The van der Waals surface area contributed by atoms with Crippen molar-refractivity contribution in [2.24, 2.45) is 0 Å². The second kappa shape index (κ2) is 4.09. The lowest BCUT2D eigenvalue weighted by Gasteiger charge is -2.08. The molecule has 0 aliphatic rings. The van der Waals surface area contributed by atoms with Gasteiger partial charge in [0.05, 0.1) is 0 Å². The van der Waals surface area contributed by atoms with Gasteiger partial charge < -0.3 is 0 Å². The van der Waals surface area contributed by atoms with E-state index in [0.29, 0.717) is 0 Å². The fourth-order valence-electron chi connectivity index (χ4n) is 1.48. The van der Waals surface area contributed by atoms with Gasteiger partial charge >= 0.3 is 0 Å². The van der Waals surface area contributed by atoms with Crippen molar-refractivity contribution in [3.05, 3.63) is 46.4 Å². The van der Waals surface area contributed by atoms with Gasteiger partial charge in [-0.05, 0) is 22.4 Å². The molecule has 3 heteroatoms. The third kappa shape index (κ3) is 1.77. The van der Waals surface area contributed by atoms with Crippen LogP contribution >= 0.6 is 39.1 Å². The first-order chi connectivity index (χ1) is 6.70. The fraction of sp³-hybridized carbons (Fsp3) is 0.0909. The van der Waals surface area contributed by atoms with Gasteiger partial charge in [-0.15, -0.1) is 23.2 Å². The average Bonchev–Trinajstić information content (AvgIpc) is 2.18. The van der Waals surface area contributed by atoms with Crippen LogP contribution in [0.1, 0.15) is 10.4 Å². The van der Waals surface area contributed by atoms with Gasteiger partial charge in [-0.1, -0.05) is 46.3 Å². The Balaban J connectivity index is 2.82. The molecular formula is C11H7BrCl2. The minimum absolute atomic E-state index is 0.479. The second-order valence-electron chi connectivity index (χ2n) is 2.98. The van der Waals surface area contributed by atoms with E-state index in [4.69, 9.17) is 23.2 Å². The summed E-state index contributed by atoms with van der Waals surface area (Å²) in [6, 6.07) is 11.9. The monoisotopic (exact) mass is 288 g/mol. The van der Waals surface area contributed by atoms with E-state index in [2.05, 4.69) is 15.9 Å². The molecule has 0 amide bonds. The predicted molar refractivity (Wildman–Crippen MR) is 66.1 cm³/mol. The number of hydrogen-bond acceptors (Lipinski definition) is 0. The zero-order valence-corrected chi connectivity index (χ0v) is 10.3. The molecule has 0 spiro atoms. The van der Waals surface area contributed by atoms with E-state index in [9.17, 15) is 0 Å². The summed E-state index contributed by atoms with van der Waals surface area (Å²) in [5.41, 5.74) is 0.951. The summed E-state index contributed by atoms with van der Waals surface area (Å²) < 4.78 is 1.06. The van der Waals surface area contributed by atoms with Crippen LogP contribution < -0.4 is 0 Å². The lowest BCUT2D eigenvalue weighted by molar-refractivity contribution is 1.39. The molecule has 72 valence electrons. The van der Waals surface area contributed by atoms with Gasteiger partial charge in [0.1, 0.15) is 4.84 Å². The molecule has 0 atom stereocenters. The predicted octanol–water partition coefficient (Wildman–Crippen LogP) is 5.08. The van der Waals surface area contributed by atoms with E-state index in [1.54, 1.807) is 0 Å². The molecule has 0 bridgehead atoms. The van der Waals surface area contributed by atoms with Gasteiger partial charge in [0.25, 0.3) is 0 Å². The van der Waals surface area contributed by atoms with Crippen molar-refractivity contribution < 1.29 is 0 Å². The van der Waals surface area contributed by atoms with Crippen molar-refractivity contribution in [2.75, 3.05) is 0 Å². The van der Waals surface area contributed by atoms with E-state index in [1.165, 1.54) is 0 Å². The highest BCUT2D eigenvalue weighted by molar-refractivity contribution is 9.10. The minimum atomic E-state index is -0.479. The number of hydrogen-bond donors (Lipinski definition) is 0. The van der Waals surface area contributed by atoms with Crippen LogP contribution in [0.3, 0.4) is 0 Å². The summed E-state index contributed by atoms with van der Waals surface area (Å²) in [6.45, 7) is 0. The quantitative estimate of drug-likeness (QED) is 0.642. The normalized spacial score (nSPS) is 11.1. The van der Waals surface area contributed by atoms with E-state index >= 15 is 0 Å². The van der Waals surface area contributed by atoms with Gasteiger partial charge in [0.15, 0.2) is 0 Å². The molecule has 0 unspecified atom stereocenters. The van der Waals surface area contributed by atoms with Crippen molar-refractivity contribution in [3.63, 3.8) is 0 Å². The summed E-state index contributed by atoms with van der Waals surface area (Å²) >= 11 is 15.3. The molecule has 0 saturated heterocycles. The largest absolute Gasteiger partial charge is 0.133 e. The molecule has 0 heterocycles. The summed E-state index contributed by atoms with van der Waals surface area (Å²) in [5, 5.41) is 2.23. The molecule has 0 saturated carbocycles. The third-order valence-corrected chi connectivity index (χ3v) is 3.30. The maximum absolute atomic E-state index is 5.88. The molecule has 2 aromatic carbocycles. The van der Waals surface area contributed by atoms with Crippen molar-refractivity contribution in [1.82, 2.24) is 0 Å². The number of halogens is 3. The maximum atomic E-state index is 5.88. The van der Waals surface area contributed by atoms with Gasteiger partial charge in [0.2, 0.25) is 0 Å². The number of rotatable bonds is 1. The van der Waals surface area contributed by atoms with Gasteiger partial charge in [0, 0.05) is 4.47 Å². The van der Waals surface area contributed by atoms with Gasteiger partial charge in [-0.2, -0.15) is 0 Å². The van der Waals surface area contributed by atoms with E-state index in [0.717, 1.165) is 20.8 Å². The average molecular weight is 290 g/mol. The van der Waals surface area contributed by atoms with Crippen LogP contribution in [0.25, 0.3) is 10.8 Å². The first kappa shape index (κ1) is 10.3. The topological polar surface area (TPSA) is 0 Å². The first-order valence-electron chi connectivity index (χ1n) is 4.15. The Hall–Kier alpha value is -0.240. The Bertz CT molecular complexity index is 466. The standard InChI is InChI=1S/C11H7BrCl2/c12-10-6-5-9(11(13)14)7-3-1-2-4-8(7)10/h1-6,11H. The third-order valence-electron chi connectivity index (χ3n) is 2.14. The summed E-state index contributed by atoms with van der Waals surface area (Å²) in [5.74, 6) is 0. The number of alkyl halides is 2. The molecule has 0 aromatic heterocycles. The molecule has 0 N–H and O–H groups in total. The molecule has 14 heavy (non-hydrogen) atoms. The molecule has 2 aromatic rings. The summed E-state index contributed by atoms with van der Waals surface area (Å²) in [7, 11) is 0. The van der Waals surface area contributed by atoms with Crippen molar-refractivity contribution in [1.29, 1.82) is 0 Å². The highest BCUT2D eigenvalue weighted by Crippen LogP contribution is 2.34. The smallest absolute Gasteiger partial charge is 0.100 e. The highest BCUT2D eigenvalue weighted by atomic mass is 79.9. The molecule has 0 nitrogen and oxygen atoms in total. The Morgan fingerprint density at radius 1 is 0.929 bits per heavy atom. The molecule has 0 aliphatic heterocycles. The zero-order valence-electron chi connectivity index (χ0n) is 7.18.